The molecule has 106 valence electrons. The van der Waals surface area contributed by atoms with Crippen LogP contribution in [0.1, 0.15) is 24.3 Å². The molecule has 1 saturated heterocycles. The van der Waals surface area contributed by atoms with Crippen molar-refractivity contribution in [3.05, 3.63) is 17.1 Å². The number of rotatable bonds is 2. The second-order valence-electron chi connectivity index (χ2n) is 5.22. The molecule has 3 rings (SSSR count). The molecule has 1 aromatic heterocycles. The second kappa shape index (κ2) is 4.94. The van der Waals surface area contributed by atoms with E-state index in [1.165, 1.54) is 0 Å². The fraction of sp³-hybridized carbons (Fsp3) is 0.429. The van der Waals surface area contributed by atoms with E-state index in [9.17, 15) is 4.79 Å². The number of thiazole rings is 1. The summed E-state index contributed by atoms with van der Waals surface area (Å²) < 4.78 is 1.08. The van der Waals surface area contributed by atoms with Crippen molar-refractivity contribution in [2.45, 2.75) is 32.2 Å². The van der Waals surface area contributed by atoms with Crippen LogP contribution in [0.5, 0.6) is 0 Å². The monoisotopic (exact) mass is 290 g/mol. The Kier molecular flexibility index (Phi) is 3.25. The van der Waals surface area contributed by atoms with Crippen molar-refractivity contribution < 1.29 is 4.79 Å². The van der Waals surface area contributed by atoms with Crippen molar-refractivity contribution in [2.24, 2.45) is 5.73 Å². The van der Waals surface area contributed by atoms with Gasteiger partial charge >= 0.3 is 0 Å². The molecule has 1 aliphatic heterocycles. The van der Waals surface area contributed by atoms with Crippen molar-refractivity contribution in [2.75, 3.05) is 17.2 Å². The molecule has 1 aromatic carbocycles. The van der Waals surface area contributed by atoms with E-state index >= 15 is 0 Å². The molecule has 1 aliphatic rings. The lowest BCUT2D eigenvalue weighted by Crippen LogP contribution is -2.48. The van der Waals surface area contributed by atoms with E-state index in [-0.39, 0.29) is 11.9 Å². The quantitative estimate of drug-likeness (QED) is 0.829. The number of nitrogen functional groups attached to an aromatic ring is 1. The summed E-state index contributed by atoms with van der Waals surface area (Å²) >= 11 is 1.63. The fourth-order valence-electron chi connectivity index (χ4n) is 2.86. The van der Waals surface area contributed by atoms with Crippen molar-refractivity contribution in [3.63, 3.8) is 0 Å². The summed E-state index contributed by atoms with van der Waals surface area (Å²) in [5.74, 6) is -0.279. The number of amides is 1. The van der Waals surface area contributed by atoms with Gasteiger partial charge in [-0.15, -0.1) is 11.3 Å². The van der Waals surface area contributed by atoms with Gasteiger partial charge in [-0.3, -0.25) is 4.79 Å². The number of hydrogen-bond acceptors (Lipinski definition) is 5. The number of nitrogens with zero attached hydrogens (tertiary/aromatic N) is 2. The first-order valence-electron chi connectivity index (χ1n) is 6.79. The maximum atomic E-state index is 11.6. The minimum absolute atomic E-state index is 0.261. The molecular formula is C14H18N4OS. The Hall–Kier alpha value is -1.82. The van der Waals surface area contributed by atoms with Gasteiger partial charge in [-0.05, 0) is 38.3 Å². The molecule has 6 heteroatoms. The average molecular weight is 290 g/mol. The van der Waals surface area contributed by atoms with E-state index in [1.54, 1.807) is 11.3 Å². The topological polar surface area (TPSA) is 85.2 Å². The molecule has 0 saturated carbocycles. The number of nitrogens with two attached hydrogens (primary N) is 2. The van der Waals surface area contributed by atoms with Crippen molar-refractivity contribution >= 4 is 38.8 Å². The van der Waals surface area contributed by atoms with Gasteiger partial charge in [-0.25, -0.2) is 4.98 Å². The van der Waals surface area contributed by atoms with E-state index < -0.39 is 0 Å². The first-order chi connectivity index (χ1) is 9.56. The van der Waals surface area contributed by atoms with Gasteiger partial charge in [-0.2, -0.15) is 0 Å². The summed E-state index contributed by atoms with van der Waals surface area (Å²) in [6.07, 6.45) is 2.88. The lowest BCUT2D eigenvalue weighted by Gasteiger charge is -2.36. The number of anilines is 2. The Balaban J connectivity index is 2.07. The van der Waals surface area contributed by atoms with Gasteiger partial charge in [0.15, 0.2) is 0 Å². The number of benzene rings is 1. The predicted molar refractivity (Wildman–Crippen MR) is 82.9 cm³/mol. The van der Waals surface area contributed by atoms with Gasteiger partial charge in [0.1, 0.15) is 6.04 Å². The molecule has 0 bridgehead atoms. The maximum Gasteiger partial charge on any atom is 0.240 e. The highest BCUT2D eigenvalue weighted by atomic mass is 32.1. The minimum Gasteiger partial charge on any atom is -0.397 e. The second-order valence-corrected chi connectivity index (χ2v) is 6.45. The summed E-state index contributed by atoms with van der Waals surface area (Å²) in [5, 5.41) is 1.02. The molecular weight excluding hydrogens is 272 g/mol. The highest BCUT2D eigenvalue weighted by Gasteiger charge is 2.28. The van der Waals surface area contributed by atoms with Gasteiger partial charge < -0.3 is 16.4 Å². The molecule has 1 unspecified atom stereocenters. The largest absolute Gasteiger partial charge is 0.397 e. The highest BCUT2D eigenvalue weighted by Crippen LogP contribution is 2.35. The van der Waals surface area contributed by atoms with E-state index in [0.29, 0.717) is 5.69 Å². The molecule has 1 atom stereocenters. The van der Waals surface area contributed by atoms with Crippen molar-refractivity contribution in [1.29, 1.82) is 0 Å². The van der Waals surface area contributed by atoms with Gasteiger partial charge in [-0.1, -0.05) is 0 Å². The lowest BCUT2D eigenvalue weighted by molar-refractivity contribution is -0.119. The number of carbonyl (C=O) groups is 1. The van der Waals surface area contributed by atoms with Gasteiger partial charge in [0.25, 0.3) is 0 Å². The minimum atomic E-state index is -0.279. The SMILES string of the molecule is Cc1nc2cc(N3CCCCC3C(N)=O)c(N)cc2s1. The van der Waals surface area contributed by atoms with Crippen LogP contribution >= 0.6 is 11.3 Å². The number of piperidine rings is 1. The Morgan fingerprint density at radius 1 is 1.45 bits per heavy atom. The normalized spacial score (nSPS) is 19.4. The van der Waals surface area contributed by atoms with Crippen LogP contribution in [-0.4, -0.2) is 23.5 Å². The Labute approximate surface area is 121 Å². The van der Waals surface area contributed by atoms with Crippen LogP contribution < -0.4 is 16.4 Å². The molecule has 0 aliphatic carbocycles. The highest BCUT2D eigenvalue weighted by molar-refractivity contribution is 7.18. The van der Waals surface area contributed by atoms with Gasteiger partial charge in [0.05, 0.1) is 26.6 Å². The number of aromatic nitrogens is 1. The number of carbonyl (C=O) groups excluding carboxylic acids is 1. The van der Waals surface area contributed by atoms with Crippen LogP contribution in [0.15, 0.2) is 12.1 Å². The molecule has 0 radical (unpaired) electrons. The fourth-order valence-corrected chi connectivity index (χ4v) is 3.72. The van der Waals surface area contributed by atoms with Gasteiger partial charge in [0, 0.05) is 6.54 Å². The van der Waals surface area contributed by atoms with Crippen LogP contribution in [0.2, 0.25) is 0 Å². The van der Waals surface area contributed by atoms with Crippen LogP contribution in [-0.2, 0) is 4.79 Å². The number of fused-ring (bicyclic) bond motifs is 1. The zero-order chi connectivity index (χ0) is 14.3. The molecule has 1 fully saturated rings. The summed E-state index contributed by atoms with van der Waals surface area (Å²) in [6, 6.07) is 3.67. The third-order valence-corrected chi connectivity index (χ3v) is 4.72. The van der Waals surface area contributed by atoms with Gasteiger partial charge in [0.2, 0.25) is 5.91 Å². The molecule has 2 heterocycles. The Morgan fingerprint density at radius 3 is 3.00 bits per heavy atom. The summed E-state index contributed by atoms with van der Waals surface area (Å²) in [4.78, 5) is 18.2. The van der Waals surface area contributed by atoms with E-state index in [2.05, 4.69) is 4.98 Å². The molecule has 20 heavy (non-hydrogen) atoms. The number of hydrogen-bond donors (Lipinski definition) is 2. The lowest BCUT2D eigenvalue weighted by atomic mass is 10.00. The summed E-state index contributed by atoms with van der Waals surface area (Å²) in [5.41, 5.74) is 14.2. The average Bonchev–Trinajstić information content (AvgIpc) is 2.76. The third kappa shape index (κ3) is 2.20. The summed E-state index contributed by atoms with van der Waals surface area (Å²) in [6.45, 7) is 2.79. The first-order valence-corrected chi connectivity index (χ1v) is 7.60. The van der Waals surface area contributed by atoms with E-state index in [4.69, 9.17) is 11.5 Å². The maximum absolute atomic E-state index is 11.6. The van der Waals surface area contributed by atoms with Crippen LogP contribution in [0.25, 0.3) is 10.2 Å². The molecule has 1 amide bonds. The van der Waals surface area contributed by atoms with E-state index in [1.807, 2.05) is 24.0 Å². The first kappa shape index (κ1) is 13.2. The molecule has 4 N–H and O–H groups in total. The number of aryl methyl sites for hydroxylation is 1. The number of primary amides is 1. The van der Waals surface area contributed by atoms with Crippen molar-refractivity contribution in [1.82, 2.24) is 4.98 Å². The molecule has 0 spiro atoms. The Bertz CT molecular complexity index is 666. The van der Waals surface area contributed by atoms with Crippen LogP contribution in [0.4, 0.5) is 11.4 Å². The molecule has 2 aromatic rings. The standard InChI is InChI=1S/C14H18N4OS/c1-8-17-10-7-12(9(15)6-13(10)20-8)18-5-3-2-4-11(18)14(16)19/h6-7,11H,2-5,15H2,1H3,(H2,16,19). The summed E-state index contributed by atoms with van der Waals surface area (Å²) in [7, 11) is 0. The van der Waals surface area contributed by atoms with E-state index in [0.717, 1.165) is 46.7 Å². The third-order valence-electron chi connectivity index (χ3n) is 3.78. The predicted octanol–water partition coefficient (Wildman–Crippen LogP) is 2.03. The van der Waals surface area contributed by atoms with Crippen LogP contribution in [0, 0.1) is 6.92 Å². The zero-order valence-corrected chi connectivity index (χ0v) is 12.2. The smallest absolute Gasteiger partial charge is 0.240 e. The zero-order valence-electron chi connectivity index (χ0n) is 11.4. The Morgan fingerprint density at radius 2 is 2.25 bits per heavy atom. The van der Waals surface area contributed by atoms with Crippen molar-refractivity contribution in [3.8, 4) is 0 Å². The molecule has 5 nitrogen and oxygen atoms in total. The van der Waals surface area contributed by atoms with Crippen LogP contribution in [0.3, 0.4) is 0 Å².